The first-order chi connectivity index (χ1) is 9.16. The average molecular weight is 279 g/mol. The molecular formula is C15H19ClN2O. The molecule has 2 aliphatic rings. The van der Waals surface area contributed by atoms with Crippen LogP contribution >= 0.6 is 11.6 Å². The second-order valence-corrected chi connectivity index (χ2v) is 5.97. The van der Waals surface area contributed by atoms with Crippen LogP contribution in [0.3, 0.4) is 0 Å². The Morgan fingerprint density at radius 2 is 2.26 bits per heavy atom. The number of benzene rings is 1. The largest absolute Gasteiger partial charge is 0.338 e. The second-order valence-electron chi connectivity index (χ2n) is 5.56. The van der Waals surface area contributed by atoms with Crippen molar-refractivity contribution >= 4 is 17.5 Å². The summed E-state index contributed by atoms with van der Waals surface area (Å²) in [7, 11) is 0. The summed E-state index contributed by atoms with van der Waals surface area (Å²) in [6, 6.07) is 6.18. The van der Waals surface area contributed by atoms with Crippen LogP contribution in [0.4, 0.5) is 0 Å². The van der Waals surface area contributed by atoms with E-state index in [4.69, 9.17) is 11.6 Å². The summed E-state index contributed by atoms with van der Waals surface area (Å²) in [5.41, 5.74) is 1.64. The zero-order chi connectivity index (χ0) is 13.4. The van der Waals surface area contributed by atoms with E-state index in [0.717, 1.165) is 37.2 Å². The van der Waals surface area contributed by atoms with Gasteiger partial charge in [0.2, 0.25) is 0 Å². The highest BCUT2D eigenvalue weighted by Gasteiger charge is 2.34. The molecule has 2 fully saturated rings. The van der Waals surface area contributed by atoms with Crippen molar-refractivity contribution in [1.82, 2.24) is 10.2 Å². The third kappa shape index (κ3) is 2.37. The van der Waals surface area contributed by atoms with Crippen molar-refractivity contribution in [3.05, 3.63) is 34.3 Å². The molecule has 1 aromatic carbocycles. The molecule has 1 N–H and O–H groups in total. The van der Waals surface area contributed by atoms with Crippen LogP contribution in [0.5, 0.6) is 0 Å². The maximum atomic E-state index is 12.6. The van der Waals surface area contributed by atoms with Crippen LogP contribution in [0.2, 0.25) is 5.02 Å². The molecular weight excluding hydrogens is 260 g/mol. The number of amides is 1. The number of hydrogen-bond donors (Lipinski definition) is 1. The fourth-order valence-electron chi connectivity index (χ4n) is 3.24. The molecule has 3 nitrogen and oxygen atoms in total. The number of carbonyl (C=O) groups excluding carboxylic acids is 1. The number of hydrogen-bond acceptors (Lipinski definition) is 2. The molecule has 2 saturated heterocycles. The van der Waals surface area contributed by atoms with E-state index in [-0.39, 0.29) is 5.91 Å². The molecule has 1 aromatic rings. The maximum Gasteiger partial charge on any atom is 0.254 e. The molecule has 19 heavy (non-hydrogen) atoms. The van der Waals surface area contributed by atoms with Crippen molar-refractivity contribution in [2.24, 2.45) is 5.92 Å². The van der Waals surface area contributed by atoms with Gasteiger partial charge in [-0.3, -0.25) is 4.79 Å². The Morgan fingerprint density at radius 3 is 3.11 bits per heavy atom. The summed E-state index contributed by atoms with van der Waals surface area (Å²) in [5, 5.41) is 4.19. The smallest absolute Gasteiger partial charge is 0.254 e. The van der Waals surface area contributed by atoms with Crippen LogP contribution in [0.25, 0.3) is 0 Å². The lowest BCUT2D eigenvalue weighted by Gasteiger charge is -2.35. The molecule has 0 bridgehead atoms. The number of likely N-dealkylation sites (tertiary alicyclic amines) is 1. The fourth-order valence-corrected chi connectivity index (χ4v) is 3.42. The van der Waals surface area contributed by atoms with E-state index < -0.39 is 0 Å². The van der Waals surface area contributed by atoms with Gasteiger partial charge < -0.3 is 10.2 Å². The Bertz CT molecular complexity index is 503. The summed E-state index contributed by atoms with van der Waals surface area (Å²) in [4.78, 5) is 14.6. The fraction of sp³-hybridized carbons (Fsp3) is 0.533. The average Bonchev–Trinajstić information content (AvgIpc) is 2.88. The van der Waals surface area contributed by atoms with Gasteiger partial charge in [-0.15, -0.1) is 0 Å². The monoisotopic (exact) mass is 278 g/mol. The van der Waals surface area contributed by atoms with Crippen LogP contribution < -0.4 is 5.32 Å². The summed E-state index contributed by atoms with van der Waals surface area (Å²) >= 11 is 6.11. The van der Waals surface area contributed by atoms with Crippen molar-refractivity contribution < 1.29 is 4.79 Å². The number of carbonyl (C=O) groups is 1. The zero-order valence-electron chi connectivity index (χ0n) is 11.2. The predicted molar refractivity (Wildman–Crippen MR) is 76.6 cm³/mol. The highest BCUT2D eigenvalue weighted by atomic mass is 35.5. The Morgan fingerprint density at radius 1 is 1.42 bits per heavy atom. The highest BCUT2D eigenvalue weighted by Crippen LogP contribution is 2.27. The van der Waals surface area contributed by atoms with E-state index >= 15 is 0 Å². The molecule has 0 radical (unpaired) electrons. The quantitative estimate of drug-likeness (QED) is 0.856. The van der Waals surface area contributed by atoms with Crippen molar-refractivity contribution in [1.29, 1.82) is 0 Å². The van der Waals surface area contributed by atoms with Crippen molar-refractivity contribution in [3.63, 3.8) is 0 Å². The number of fused-ring (bicyclic) bond motifs is 1. The van der Waals surface area contributed by atoms with Gasteiger partial charge in [0, 0.05) is 29.7 Å². The molecule has 4 heteroatoms. The number of nitrogens with zero attached hydrogens (tertiary/aromatic N) is 1. The van der Waals surface area contributed by atoms with Gasteiger partial charge in [0.15, 0.2) is 0 Å². The minimum Gasteiger partial charge on any atom is -0.338 e. The van der Waals surface area contributed by atoms with Crippen LogP contribution in [0.15, 0.2) is 18.2 Å². The second kappa shape index (κ2) is 5.14. The van der Waals surface area contributed by atoms with Crippen molar-refractivity contribution in [3.8, 4) is 0 Å². The molecule has 0 saturated carbocycles. The van der Waals surface area contributed by atoms with E-state index in [1.165, 1.54) is 6.42 Å². The van der Waals surface area contributed by atoms with E-state index in [0.29, 0.717) is 17.0 Å². The summed E-state index contributed by atoms with van der Waals surface area (Å²) < 4.78 is 0. The first kappa shape index (κ1) is 12.9. The third-order valence-electron chi connectivity index (χ3n) is 4.44. The summed E-state index contributed by atoms with van der Waals surface area (Å²) in [5.74, 6) is 0.752. The minimum absolute atomic E-state index is 0.130. The first-order valence-corrected chi connectivity index (χ1v) is 7.32. The lowest BCUT2D eigenvalue weighted by atomic mass is 9.92. The van der Waals surface area contributed by atoms with Gasteiger partial charge in [-0.1, -0.05) is 17.7 Å². The molecule has 1 amide bonds. The molecule has 2 atom stereocenters. The molecule has 0 aromatic heterocycles. The van der Waals surface area contributed by atoms with Gasteiger partial charge in [0.1, 0.15) is 0 Å². The Labute approximate surface area is 118 Å². The van der Waals surface area contributed by atoms with Crippen LogP contribution in [-0.2, 0) is 0 Å². The normalized spacial score (nSPS) is 26.3. The number of rotatable bonds is 1. The molecule has 0 spiro atoms. The topological polar surface area (TPSA) is 32.3 Å². The van der Waals surface area contributed by atoms with Gasteiger partial charge in [-0.25, -0.2) is 0 Å². The first-order valence-electron chi connectivity index (χ1n) is 6.94. The van der Waals surface area contributed by atoms with Crippen molar-refractivity contribution in [2.75, 3.05) is 19.6 Å². The van der Waals surface area contributed by atoms with E-state index in [1.807, 2.05) is 30.0 Å². The summed E-state index contributed by atoms with van der Waals surface area (Å²) in [6.07, 6.45) is 2.25. The van der Waals surface area contributed by atoms with E-state index in [1.54, 1.807) is 0 Å². The number of piperidine rings is 1. The molecule has 102 valence electrons. The van der Waals surface area contributed by atoms with Crippen LogP contribution in [0.1, 0.15) is 28.8 Å². The molecule has 2 heterocycles. The minimum atomic E-state index is 0.130. The number of halogens is 1. The SMILES string of the molecule is Cc1c(Cl)cccc1C(=O)N1CCC2NCCC2C1. The third-order valence-corrected chi connectivity index (χ3v) is 4.85. The van der Waals surface area contributed by atoms with Gasteiger partial charge in [0.05, 0.1) is 0 Å². The van der Waals surface area contributed by atoms with Crippen LogP contribution in [-0.4, -0.2) is 36.5 Å². The maximum absolute atomic E-state index is 12.6. The molecule has 2 aliphatic heterocycles. The van der Waals surface area contributed by atoms with E-state index in [9.17, 15) is 4.79 Å². The molecule has 0 aliphatic carbocycles. The van der Waals surface area contributed by atoms with Gasteiger partial charge in [0.25, 0.3) is 5.91 Å². The Hall–Kier alpha value is -1.06. The zero-order valence-corrected chi connectivity index (χ0v) is 11.9. The Kier molecular flexibility index (Phi) is 3.50. The van der Waals surface area contributed by atoms with Gasteiger partial charge >= 0.3 is 0 Å². The predicted octanol–water partition coefficient (Wildman–Crippen LogP) is 2.47. The standard InChI is InChI=1S/C15H19ClN2O/c1-10-12(3-2-4-13(10)16)15(19)18-8-6-14-11(9-18)5-7-17-14/h2-4,11,14,17H,5-9H2,1H3. The molecule has 2 unspecified atom stereocenters. The molecule has 3 rings (SSSR count). The van der Waals surface area contributed by atoms with Crippen LogP contribution in [0, 0.1) is 12.8 Å². The lowest BCUT2D eigenvalue weighted by molar-refractivity contribution is 0.0661. The highest BCUT2D eigenvalue weighted by molar-refractivity contribution is 6.31. The number of nitrogens with one attached hydrogen (secondary N) is 1. The lowest BCUT2D eigenvalue weighted by Crippen LogP contribution is -2.47. The van der Waals surface area contributed by atoms with Gasteiger partial charge in [-0.05, 0) is 49.9 Å². The summed E-state index contributed by atoms with van der Waals surface area (Å²) in [6.45, 7) is 4.73. The van der Waals surface area contributed by atoms with Crippen molar-refractivity contribution in [2.45, 2.75) is 25.8 Å². The van der Waals surface area contributed by atoms with Gasteiger partial charge in [-0.2, -0.15) is 0 Å². The Balaban J connectivity index is 1.79. The van der Waals surface area contributed by atoms with E-state index in [2.05, 4.69) is 5.32 Å².